The van der Waals surface area contributed by atoms with Gasteiger partial charge >= 0.3 is 5.97 Å². The molecule has 5 rings (SSSR count). The van der Waals surface area contributed by atoms with Crippen molar-refractivity contribution in [1.29, 1.82) is 0 Å². The number of amides is 1. The van der Waals surface area contributed by atoms with E-state index in [1.807, 2.05) is 24.3 Å². The molecule has 140 valence electrons. The molecule has 1 saturated heterocycles. The third-order valence-corrected chi connectivity index (χ3v) is 6.32. The van der Waals surface area contributed by atoms with Crippen LogP contribution in [0.1, 0.15) is 25.7 Å². The largest absolute Gasteiger partial charge is 0.481 e. The number of carbonyl (C=O) groups is 2. The molecule has 1 aromatic rings. The molecule has 6 nitrogen and oxygen atoms in total. The number of ether oxygens (including phenoxy) is 1. The summed E-state index contributed by atoms with van der Waals surface area (Å²) in [5.74, 6) is -1.53. The first-order chi connectivity index (χ1) is 12.6. The number of nitrogens with zero attached hydrogens (tertiary/aromatic N) is 1. The lowest BCUT2D eigenvalue weighted by Crippen LogP contribution is -2.49. The fourth-order valence-corrected chi connectivity index (χ4v) is 4.98. The highest BCUT2D eigenvalue weighted by atomic mass is 16.5. The fraction of sp³-hybridized carbons (Fsp3) is 0.600. The van der Waals surface area contributed by atoms with E-state index in [4.69, 9.17) is 4.74 Å². The topological polar surface area (TPSA) is 78.9 Å². The Hall–Kier alpha value is -2.08. The average molecular weight is 358 g/mol. The van der Waals surface area contributed by atoms with Gasteiger partial charge in [-0.1, -0.05) is 0 Å². The molecule has 1 amide bonds. The number of aliphatic carboxylic acids is 1. The molecule has 2 atom stereocenters. The minimum absolute atomic E-state index is 0.133. The SMILES string of the molecule is O=C(O)[C@@H]1C2CCC(CC2)[C@H]1C(=O)Nc1ccc(N2CCOCC2)cc1. The first kappa shape index (κ1) is 17.3. The maximum atomic E-state index is 12.9. The Labute approximate surface area is 153 Å². The van der Waals surface area contributed by atoms with Crippen molar-refractivity contribution in [2.45, 2.75) is 25.7 Å². The lowest BCUT2D eigenvalue weighted by Gasteiger charge is -2.45. The minimum atomic E-state index is -0.817. The van der Waals surface area contributed by atoms with Crippen LogP contribution in [-0.4, -0.2) is 43.3 Å². The van der Waals surface area contributed by atoms with Crippen LogP contribution < -0.4 is 10.2 Å². The molecule has 4 fully saturated rings. The van der Waals surface area contributed by atoms with Gasteiger partial charge in [-0.15, -0.1) is 0 Å². The Bertz CT molecular complexity index is 661. The number of carboxylic acid groups (broad SMARTS) is 1. The molecule has 0 radical (unpaired) electrons. The third-order valence-electron chi connectivity index (χ3n) is 6.32. The second kappa shape index (κ2) is 7.27. The van der Waals surface area contributed by atoms with Crippen LogP contribution >= 0.6 is 0 Å². The average Bonchev–Trinajstić information content (AvgIpc) is 2.69. The van der Waals surface area contributed by atoms with Gasteiger partial charge in [0.2, 0.25) is 5.91 Å². The summed E-state index contributed by atoms with van der Waals surface area (Å²) in [6, 6.07) is 7.81. The van der Waals surface area contributed by atoms with Gasteiger partial charge in [0.25, 0.3) is 0 Å². The van der Waals surface area contributed by atoms with E-state index in [0.29, 0.717) is 0 Å². The van der Waals surface area contributed by atoms with E-state index < -0.39 is 17.8 Å². The molecule has 1 aromatic carbocycles. The Morgan fingerprint density at radius 2 is 1.54 bits per heavy atom. The molecule has 0 unspecified atom stereocenters. The predicted molar refractivity (Wildman–Crippen MR) is 98.2 cm³/mol. The molecule has 0 spiro atoms. The van der Waals surface area contributed by atoms with Gasteiger partial charge in [0, 0.05) is 24.5 Å². The van der Waals surface area contributed by atoms with Crippen LogP contribution in [0.5, 0.6) is 0 Å². The van der Waals surface area contributed by atoms with Crippen molar-refractivity contribution in [2.75, 3.05) is 36.5 Å². The summed E-state index contributed by atoms with van der Waals surface area (Å²) in [4.78, 5) is 26.9. The van der Waals surface area contributed by atoms with Crippen LogP contribution in [0, 0.1) is 23.7 Å². The maximum absolute atomic E-state index is 12.9. The van der Waals surface area contributed by atoms with Crippen LogP contribution in [0.3, 0.4) is 0 Å². The molecular weight excluding hydrogens is 332 g/mol. The Morgan fingerprint density at radius 1 is 0.962 bits per heavy atom. The molecule has 3 saturated carbocycles. The number of carboxylic acids is 1. The zero-order valence-corrected chi connectivity index (χ0v) is 14.9. The van der Waals surface area contributed by atoms with Crippen molar-refractivity contribution >= 4 is 23.3 Å². The van der Waals surface area contributed by atoms with Crippen molar-refractivity contribution in [3.63, 3.8) is 0 Å². The number of anilines is 2. The summed E-state index contributed by atoms with van der Waals surface area (Å²) in [7, 11) is 0. The zero-order valence-electron chi connectivity index (χ0n) is 14.9. The van der Waals surface area contributed by atoms with E-state index in [0.717, 1.165) is 63.4 Å². The highest BCUT2D eigenvalue weighted by Crippen LogP contribution is 2.49. The monoisotopic (exact) mass is 358 g/mol. The maximum Gasteiger partial charge on any atom is 0.307 e. The number of hydrogen-bond donors (Lipinski definition) is 2. The number of nitrogens with one attached hydrogen (secondary N) is 1. The minimum Gasteiger partial charge on any atom is -0.481 e. The third kappa shape index (κ3) is 3.30. The van der Waals surface area contributed by atoms with E-state index in [1.165, 1.54) is 0 Å². The van der Waals surface area contributed by atoms with Crippen LogP contribution in [0.25, 0.3) is 0 Å². The highest BCUT2D eigenvalue weighted by Gasteiger charge is 2.50. The first-order valence-corrected chi connectivity index (χ1v) is 9.60. The number of carbonyl (C=O) groups excluding carboxylic acids is 1. The first-order valence-electron chi connectivity index (χ1n) is 9.60. The summed E-state index contributed by atoms with van der Waals surface area (Å²) in [6.45, 7) is 3.22. The number of morpholine rings is 1. The Balaban J connectivity index is 1.44. The smallest absolute Gasteiger partial charge is 0.307 e. The predicted octanol–water partition coefficient (Wildman–Crippen LogP) is 2.60. The fourth-order valence-electron chi connectivity index (χ4n) is 4.98. The number of benzene rings is 1. The van der Waals surface area contributed by atoms with Crippen LogP contribution in [0.4, 0.5) is 11.4 Å². The molecule has 2 N–H and O–H groups in total. The van der Waals surface area contributed by atoms with E-state index in [1.54, 1.807) is 0 Å². The van der Waals surface area contributed by atoms with E-state index in [-0.39, 0.29) is 17.7 Å². The second-order valence-corrected chi connectivity index (χ2v) is 7.70. The summed E-state index contributed by atoms with van der Waals surface area (Å²) in [6.07, 6.45) is 3.84. The van der Waals surface area contributed by atoms with E-state index in [9.17, 15) is 14.7 Å². The summed E-state index contributed by atoms with van der Waals surface area (Å²) in [5.41, 5.74) is 1.85. The molecule has 6 heteroatoms. The molecule has 0 aromatic heterocycles. The van der Waals surface area contributed by atoms with E-state index >= 15 is 0 Å². The van der Waals surface area contributed by atoms with E-state index in [2.05, 4.69) is 10.2 Å². The Morgan fingerprint density at radius 3 is 2.12 bits per heavy atom. The zero-order chi connectivity index (χ0) is 18.1. The second-order valence-electron chi connectivity index (χ2n) is 7.70. The van der Waals surface area contributed by atoms with Crippen molar-refractivity contribution in [3.05, 3.63) is 24.3 Å². The van der Waals surface area contributed by atoms with Gasteiger partial charge in [-0.2, -0.15) is 0 Å². The van der Waals surface area contributed by atoms with Crippen LogP contribution in [-0.2, 0) is 14.3 Å². The highest BCUT2D eigenvalue weighted by molar-refractivity contribution is 5.95. The quantitative estimate of drug-likeness (QED) is 0.865. The lowest BCUT2D eigenvalue weighted by atomic mass is 9.58. The molecule has 2 bridgehead atoms. The molecule has 1 heterocycles. The van der Waals surface area contributed by atoms with Gasteiger partial charge in [0.05, 0.1) is 25.0 Å². The Kier molecular flexibility index (Phi) is 4.85. The van der Waals surface area contributed by atoms with Gasteiger partial charge < -0.3 is 20.1 Å². The van der Waals surface area contributed by atoms with Gasteiger partial charge in [0.15, 0.2) is 0 Å². The van der Waals surface area contributed by atoms with Gasteiger partial charge in [0.1, 0.15) is 0 Å². The summed E-state index contributed by atoms with van der Waals surface area (Å²) < 4.78 is 5.37. The summed E-state index contributed by atoms with van der Waals surface area (Å²) >= 11 is 0. The molecule has 1 aliphatic heterocycles. The van der Waals surface area contributed by atoms with Gasteiger partial charge in [-0.05, 0) is 61.8 Å². The molecular formula is C20H26N2O4. The number of rotatable bonds is 4. The van der Waals surface area contributed by atoms with Crippen LogP contribution in [0.2, 0.25) is 0 Å². The number of fused-ring (bicyclic) bond motifs is 3. The number of hydrogen-bond acceptors (Lipinski definition) is 4. The van der Waals surface area contributed by atoms with Crippen LogP contribution in [0.15, 0.2) is 24.3 Å². The van der Waals surface area contributed by atoms with Crippen molar-refractivity contribution < 1.29 is 19.4 Å². The molecule has 4 aliphatic rings. The molecule has 26 heavy (non-hydrogen) atoms. The normalized spacial score (nSPS) is 30.8. The molecule has 3 aliphatic carbocycles. The van der Waals surface area contributed by atoms with Gasteiger partial charge in [-0.3, -0.25) is 9.59 Å². The lowest BCUT2D eigenvalue weighted by molar-refractivity contribution is -0.156. The van der Waals surface area contributed by atoms with Crippen molar-refractivity contribution in [3.8, 4) is 0 Å². The van der Waals surface area contributed by atoms with Gasteiger partial charge in [-0.25, -0.2) is 0 Å². The van der Waals surface area contributed by atoms with Crippen molar-refractivity contribution in [2.24, 2.45) is 23.7 Å². The standard InChI is InChI=1S/C20H26N2O4/c23-19(17-13-1-3-14(4-2-13)18(17)20(24)25)21-15-5-7-16(8-6-15)22-9-11-26-12-10-22/h5-8,13-14,17-18H,1-4,9-12H2,(H,21,23)(H,24,25)/t13?,14?,17-,18-/m1/s1. The summed E-state index contributed by atoms with van der Waals surface area (Å²) in [5, 5.41) is 12.6. The van der Waals surface area contributed by atoms with Crippen molar-refractivity contribution in [1.82, 2.24) is 0 Å².